The summed E-state index contributed by atoms with van der Waals surface area (Å²) in [7, 11) is 3.92. The van der Waals surface area contributed by atoms with E-state index in [1.54, 1.807) is 4.57 Å². The summed E-state index contributed by atoms with van der Waals surface area (Å²) in [5, 5.41) is 3.60. The third kappa shape index (κ3) is 3.57. The maximum absolute atomic E-state index is 12.0. The van der Waals surface area contributed by atoms with Crippen LogP contribution >= 0.6 is 11.8 Å². The lowest BCUT2D eigenvalue weighted by Crippen LogP contribution is -2.41. The lowest BCUT2D eigenvalue weighted by Gasteiger charge is -2.24. The van der Waals surface area contributed by atoms with Crippen LogP contribution in [0.5, 0.6) is 0 Å². The van der Waals surface area contributed by atoms with E-state index in [4.69, 9.17) is 0 Å². The molecule has 0 aromatic carbocycles. The molecule has 19 heavy (non-hydrogen) atoms. The fourth-order valence-electron chi connectivity index (χ4n) is 1.86. The minimum Gasteiger partial charge on any atom is -0.354 e. The second-order valence-corrected chi connectivity index (χ2v) is 5.77. The highest BCUT2D eigenvalue weighted by molar-refractivity contribution is 7.99. The number of carbonyl (C=O) groups excluding carboxylic acids is 1. The van der Waals surface area contributed by atoms with Gasteiger partial charge in [-0.3, -0.25) is 14.2 Å². The summed E-state index contributed by atoms with van der Waals surface area (Å²) in [6.45, 7) is 1.86. The highest BCUT2D eigenvalue weighted by atomic mass is 32.2. The maximum Gasteiger partial charge on any atom is 0.254 e. The minimum absolute atomic E-state index is 0.00996. The second-order valence-electron chi connectivity index (χ2n) is 4.78. The first-order valence-corrected chi connectivity index (χ1v) is 7.17. The zero-order chi connectivity index (χ0) is 13.8. The Bertz CT molecular complexity index is 515. The van der Waals surface area contributed by atoms with E-state index in [-0.39, 0.29) is 17.4 Å². The summed E-state index contributed by atoms with van der Waals surface area (Å²) in [5.74, 6) is 0.516. The molecule has 1 aliphatic heterocycles. The number of rotatable bonds is 4. The van der Waals surface area contributed by atoms with Gasteiger partial charge >= 0.3 is 0 Å². The summed E-state index contributed by atoms with van der Waals surface area (Å²) in [4.78, 5) is 29.9. The van der Waals surface area contributed by atoms with Crippen LogP contribution in [0.25, 0.3) is 0 Å². The van der Waals surface area contributed by atoms with E-state index in [9.17, 15) is 9.59 Å². The van der Waals surface area contributed by atoms with Crippen LogP contribution in [-0.2, 0) is 11.3 Å². The molecule has 1 aromatic rings. The molecule has 1 amide bonds. The van der Waals surface area contributed by atoms with Gasteiger partial charge in [0.25, 0.3) is 5.56 Å². The zero-order valence-electron chi connectivity index (χ0n) is 11.1. The summed E-state index contributed by atoms with van der Waals surface area (Å²) in [6, 6.07) is 1.43. The Morgan fingerprint density at radius 1 is 1.63 bits per heavy atom. The Kier molecular flexibility index (Phi) is 4.60. The van der Waals surface area contributed by atoms with Gasteiger partial charge in [-0.25, -0.2) is 4.98 Å². The van der Waals surface area contributed by atoms with Gasteiger partial charge in [-0.2, -0.15) is 0 Å². The molecule has 0 aliphatic carbocycles. The number of hydrogen-bond donors (Lipinski definition) is 1. The van der Waals surface area contributed by atoms with Crippen molar-refractivity contribution in [3.8, 4) is 0 Å². The lowest BCUT2D eigenvalue weighted by molar-refractivity contribution is -0.124. The van der Waals surface area contributed by atoms with E-state index in [2.05, 4.69) is 10.3 Å². The van der Waals surface area contributed by atoms with Crippen LogP contribution in [0.3, 0.4) is 0 Å². The number of nitrogens with one attached hydrogen (secondary N) is 1. The Morgan fingerprint density at radius 3 is 3.16 bits per heavy atom. The molecule has 7 heteroatoms. The molecular formula is C12H18N4O2S. The number of fused-ring (bicyclic) bond motifs is 1. The van der Waals surface area contributed by atoms with Gasteiger partial charge in [-0.15, -0.1) is 0 Å². The molecule has 0 saturated heterocycles. The monoisotopic (exact) mass is 282 g/mol. The van der Waals surface area contributed by atoms with E-state index in [0.29, 0.717) is 24.0 Å². The van der Waals surface area contributed by atoms with Crippen LogP contribution < -0.4 is 10.9 Å². The first-order valence-electron chi connectivity index (χ1n) is 6.19. The molecule has 1 aromatic heterocycles. The molecule has 0 fully saturated rings. The Balaban J connectivity index is 1.96. The Hall–Kier alpha value is -1.34. The summed E-state index contributed by atoms with van der Waals surface area (Å²) in [6.07, 6.45) is 1.51. The van der Waals surface area contributed by atoms with E-state index >= 15 is 0 Å². The predicted molar refractivity (Wildman–Crippen MR) is 74.3 cm³/mol. The van der Waals surface area contributed by atoms with Crippen molar-refractivity contribution in [3.05, 3.63) is 22.6 Å². The Morgan fingerprint density at radius 2 is 2.42 bits per heavy atom. The number of hydrogen-bond acceptors (Lipinski definition) is 5. The molecule has 0 spiro atoms. The predicted octanol–water partition coefficient (Wildman–Crippen LogP) is -0.357. The molecule has 0 saturated carbocycles. The molecule has 1 unspecified atom stereocenters. The highest BCUT2D eigenvalue weighted by Crippen LogP contribution is 2.24. The van der Waals surface area contributed by atoms with Crippen molar-refractivity contribution in [1.82, 2.24) is 19.8 Å². The first kappa shape index (κ1) is 14.1. The second kappa shape index (κ2) is 6.21. The van der Waals surface area contributed by atoms with Crippen LogP contribution in [0.4, 0.5) is 0 Å². The average Bonchev–Trinajstić information content (AvgIpc) is 2.38. The van der Waals surface area contributed by atoms with Crippen LogP contribution in [0, 0.1) is 5.92 Å². The molecule has 2 heterocycles. The highest BCUT2D eigenvalue weighted by Gasteiger charge is 2.26. The average molecular weight is 282 g/mol. The van der Waals surface area contributed by atoms with Gasteiger partial charge in [0, 0.05) is 37.7 Å². The molecule has 2 rings (SSSR count). The van der Waals surface area contributed by atoms with Gasteiger partial charge < -0.3 is 10.2 Å². The molecule has 104 valence electrons. The van der Waals surface area contributed by atoms with Gasteiger partial charge in [-0.05, 0) is 14.1 Å². The van der Waals surface area contributed by atoms with Gasteiger partial charge in [0.05, 0.1) is 5.92 Å². The molecule has 1 atom stereocenters. The molecule has 0 radical (unpaired) electrons. The summed E-state index contributed by atoms with van der Waals surface area (Å²) < 4.78 is 1.57. The largest absolute Gasteiger partial charge is 0.354 e. The van der Waals surface area contributed by atoms with E-state index < -0.39 is 0 Å². The number of aromatic nitrogens is 2. The van der Waals surface area contributed by atoms with Crippen LogP contribution in [0.1, 0.15) is 0 Å². The van der Waals surface area contributed by atoms with Crippen molar-refractivity contribution in [2.45, 2.75) is 11.7 Å². The topological polar surface area (TPSA) is 67.2 Å². The molecule has 1 N–H and O–H groups in total. The third-order valence-electron chi connectivity index (χ3n) is 2.94. The summed E-state index contributed by atoms with van der Waals surface area (Å²) >= 11 is 1.46. The smallest absolute Gasteiger partial charge is 0.254 e. The summed E-state index contributed by atoms with van der Waals surface area (Å²) in [5.41, 5.74) is -0.0942. The van der Waals surface area contributed by atoms with Gasteiger partial charge in [0.2, 0.25) is 5.91 Å². The normalized spacial score (nSPS) is 18.2. The van der Waals surface area contributed by atoms with E-state index in [1.807, 2.05) is 19.0 Å². The van der Waals surface area contributed by atoms with Crippen molar-refractivity contribution in [2.75, 3.05) is 32.9 Å². The fourth-order valence-corrected chi connectivity index (χ4v) is 2.92. The lowest BCUT2D eigenvalue weighted by atomic mass is 10.1. The van der Waals surface area contributed by atoms with Crippen molar-refractivity contribution in [3.63, 3.8) is 0 Å². The van der Waals surface area contributed by atoms with E-state index in [1.165, 1.54) is 24.0 Å². The van der Waals surface area contributed by atoms with Gasteiger partial charge in [-0.1, -0.05) is 11.8 Å². The minimum atomic E-state index is -0.165. The quantitative estimate of drug-likeness (QED) is 0.764. The van der Waals surface area contributed by atoms with Crippen LogP contribution in [-0.4, -0.2) is 53.3 Å². The zero-order valence-corrected chi connectivity index (χ0v) is 11.9. The van der Waals surface area contributed by atoms with Crippen molar-refractivity contribution in [1.29, 1.82) is 0 Å². The maximum atomic E-state index is 12.0. The van der Waals surface area contributed by atoms with Crippen molar-refractivity contribution < 1.29 is 4.79 Å². The number of thioether (sulfide) groups is 1. The first-order chi connectivity index (χ1) is 9.08. The van der Waals surface area contributed by atoms with Crippen LogP contribution in [0.2, 0.25) is 0 Å². The number of carbonyl (C=O) groups is 1. The van der Waals surface area contributed by atoms with E-state index in [0.717, 1.165) is 6.54 Å². The SMILES string of the molecule is CN(C)CCNC(=O)C1CSc2nccc(=O)n2C1. The number of likely N-dealkylation sites (N-methyl/N-ethyl adjacent to an activating group) is 1. The van der Waals surface area contributed by atoms with Gasteiger partial charge in [0.1, 0.15) is 0 Å². The number of amides is 1. The molecule has 1 aliphatic rings. The fraction of sp³-hybridized carbons (Fsp3) is 0.583. The molecule has 6 nitrogen and oxygen atoms in total. The standard InChI is InChI=1S/C12H18N4O2S/c1-15(2)6-5-13-11(18)9-7-16-10(17)3-4-14-12(16)19-8-9/h3-4,9H,5-8H2,1-2H3,(H,13,18). The third-order valence-corrected chi connectivity index (χ3v) is 4.10. The van der Waals surface area contributed by atoms with Crippen molar-refractivity contribution >= 4 is 17.7 Å². The van der Waals surface area contributed by atoms with Gasteiger partial charge in [0.15, 0.2) is 5.16 Å². The number of nitrogens with zero attached hydrogens (tertiary/aromatic N) is 3. The molecule has 0 bridgehead atoms. The molecular weight excluding hydrogens is 264 g/mol. The van der Waals surface area contributed by atoms with Crippen LogP contribution in [0.15, 0.2) is 22.2 Å². The van der Waals surface area contributed by atoms with Crippen molar-refractivity contribution in [2.24, 2.45) is 5.92 Å². The Labute approximate surface area is 116 Å².